The third-order valence-electron chi connectivity index (χ3n) is 2.04. The zero-order valence-electron chi connectivity index (χ0n) is 8.88. The first-order valence-electron chi connectivity index (χ1n) is 4.72. The van der Waals surface area contributed by atoms with E-state index in [2.05, 4.69) is 0 Å². The lowest BCUT2D eigenvalue weighted by Crippen LogP contribution is -2.10. The summed E-state index contributed by atoms with van der Waals surface area (Å²) in [5.41, 5.74) is -1.50. The number of aldehydes is 2. The summed E-state index contributed by atoms with van der Waals surface area (Å²) < 4.78 is 42.7. The van der Waals surface area contributed by atoms with Crippen molar-refractivity contribution in [1.82, 2.24) is 0 Å². The molecule has 1 rings (SSSR count). The number of alkyl halides is 3. The molecule has 0 aliphatic carbocycles. The van der Waals surface area contributed by atoms with Gasteiger partial charge in [0.25, 0.3) is 0 Å². The first kappa shape index (κ1) is 13.2. The summed E-state index contributed by atoms with van der Waals surface area (Å²) in [6.45, 7) is 1.55. The first-order valence-corrected chi connectivity index (χ1v) is 4.72. The van der Waals surface area contributed by atoms with Crippen LogP contribution in [0, 0.1) is 0 Å². The van der Waals surface area contributed by atoms with Crippen molar-refractivity contribution in [3.63, 3.8) is 0 Å². The molecule has 0 aliphatic heterocycles. The second kappa shape index (κ2) is 4.99. The monoisotopic (exact) mass is 246 g/mol. The van der Waals surface area contributed by atoms with Crippen molar-refractivity contribution in [3.8, 4) is 5.75 Å². The minimum Gasteiger partial charge on any atom is -0.493 e. The van der Waals surface area contributed by atoms with Crippen molar-refractivity contribution in [2.24, 2.45) is 0 Å². The Kier molecular flexibility index (Phi) is 3.88. The molecule has 92 valence electrons. The van der Waals surface area contributed by atoms with E-state index in [0.717, 1.165) is 6.07 Å². The average Bonchev–Trinajstić information content (AvgIpc) is 2.27. The maximum absolute atomic E-state index is 12.6. The van der Waals surface area contributed by atoms with Crippen molar-refractivity contribution in [3.05, 3.63) is 28.8 Å². The molecule has 0 atom stereocenters. The SMILES string of the molecule is CCOc1cc(C=O)c(C=O)cc1C(F)(F)F. The Morgan fingerprint density at radius 2 is 1.71 bits per heavy atom. The Labute approximate surface area is 95.2 Å². The van der Waals surface area contributed by atoms with Crippen LogP contribution >= 0.6 is 0 Å². The Balaban J connectivity index is 3.45. The summed E-state index contributed by atoms with van der Waals surface area (Å²) in [6.07, 6.45) is -4.12. The third-order valence-corrected chi connectivity index (χ3v) is 2.04. The molecule has 1 aromatic carbocycles. The Morgan fingerprint density at radius 1 is 1.18 bits per heavy atom. The zero-order chi connectivity index (χ0) is 13.1. The molecular weight excluding hydrogens is 237 g/mol. The minimum absolute atomic E-state index is 0.0296. The molecule has 0 saturated heterocycles. The second-order valence-corrected chi connectivity index (χ2v) is 3.14. The molecule has 0 heterocycles. The van der Waals surface area contributed by atoms with E-state index in [1.807, 2.05) is 0 Å². The minimum atomic E-state index is -4.64. The molecule has 0 N–H and O–H groups in total. The van der Waals surface area contributed by atoms with E-state index in [9.17, 15) is 22.8 Å². The second-order valence-electron chi connectivity index (χ2n) is 3.14. The highest BCUT2D eigenvalue weighted by molar-refractivity contribution is 5.91. The average molecular weight is 246 g/mol. The number of carbonyl (C=O) groups excluding carboxylic acids is 2. The van der Waals surface area contributed by atoms with Crippen LogP contribution in [0.3, 0.4) is 0 Å². The Bertz CT molecular complexity index is 438. The van der Waals surface area contributed by atoms with Gasteiger partial charge in [0.2, 0.25) is 0 Å². The lowest BCUT2D eigenvalue weighted by atomic mass is 10.0. The van der Waals surface area contributed by atoms with Crippen molar-refractivity contribution in [1.29, 1.82) is 0 Å². The number of halogens is 3. The number of rotatable bonds is 4. The molecule has 0 saturated carbocycles. The summed E-state index contributed by atoms with van der Waals surface area (Å²) in [6, 6.07) is 1.53. The Hall–Kier alpha value is -1.85. The van der Waals surface area contributed by atoms with Crippen LogP contribution in [0.1, 0.15) is 33.2 Å². The normalized spacial score (nSPS) is 11.1. The van der Waals surface area contributed by atoms with Crippen LogP contribution in [-0.2, 0) is 6.18 Å². The highest BCUT2D eigenvalue weighted by atomic mass is 19.4. The highest BCUT2D eigenvalue weighted by Gasteiger charge is 2.35. The van der Waals surface area contributed by atoms with Crippen LogP contribution in [0.2, 0.25) is 0 Å². The number of hydrogen-bond donors (Lipinski definition) is 0. The van der Waals surface area contributed by atoms with E-state index in [1.54, 1.807) is 0 Å². The van der Waals surface area contributed by atoms with Gasteiger partial charge in [-0.3, -0.25) is 9.59 Å². The molecule has 1 aromatic rings. The van der Waals surface area contributed by atoms with Crippen LogP contribution in [-0.4, -0.2) is 19.2 Å². The van der Waals surface area contributed by atoms with Crippen molar-refractivity contribution >= 4 is 12.6 Å². The van der Waals surface area contributed by atoms with Gasteiger partial charge in [0.1, 0.15) is 5.75 Å². The molecule has 0 radical (unpaired) electrons. The highest BCUT2D eigenvalue weighted by Crippen LogP contribution is 2.37. The number of carbonyl (C=O) groups is 2. The molecule has 0 unspecified atom stereocenters. The number of ether oxygens (including phenoxy) is 1. The topological polar surface area (TPSA) is 43.4 Å². The van der Waals surface area contributed by atoms with Gasteiger partial charge in [0.05, 0.1) is 12.2 Å². The standard InChI is InChI=1S/C11H9F3O3/c1-2-17-10-4-8(6-16)7(5-15)3-9(10)11(12,13)14/h3-6H,2H2,1H3. The van der Waals surface area contributed by atoms with Gasteiger partial charge in [-0.25, -0.2) is 0 Å². The van der Waals surface area contributed by atoms with Gasteiger partial charge in [-0.2, -0.15) is 13.2 Å². The maximum Gasteiger partial charge on any atom is 0.419 e. The van der Waals surface area contributed by atoms with E-state index >= 15 is 0 Å². The molecule has 0 aliphatic rings. The molecule has 0 aromatic heterocycles. The van der Waals surface area contributed by atoms with Gasteiger partial charge in [0, 0.05) is 11.1 Å². The van der Waals surface area contributed by atoms with E-state index in [4.69, 9.17) is 4.74 Å². The van der Waals surface area contributed by atoms with Crippen molar-refractivity contribution in [2.45, 2.75) is 13.1 Å². The fourth-order valence-corrected chi connectivity index (χ4v) is 1.31. The summed E-state index contributed by atoms with van der Waals surface area (Å²) in [5.74, 6) is -0.451. The molecule has 3 nitrogen and oxygen atoms in total. The van der Waals surface area contributed by atoms with E-state index in [-0.39, 0.29) is 24.0 Å². The predicted octanol–water partition coefficient (Wildman–Crippen LogP) is 2.73. The molecular formula is C11H9F3O3. The molecule has 17 heavy (non-hydrogen) atoms. The first-order chi connectivity index (χ1) is 7.93. The smallest absolute Gasteiger partial charge is 0.419 e. The van der Waals surface area contributed by atoms with Crippen LogP contribution in [0.5, 0.6) is 5.75 Å². The van der Waals surface area contributed by atoms with Gasteiger partial charge >= 0.3 is 6.18 Å². The molecule has 0 fully saturated rings. The molecule has 0 bridgehead atoms. The van der Waals surface area contributed by atoms with E-state index in [1.165, 1.54) is 6.92 Å². The summed E-state index contributed by atoms with van der Waals surface area (Å²) in [5, 5.41) is 0. The molecule has 6 heteroatoms. The third kappa shape index (κ3) is 2.83. The van der Waals surface area contributed by atoms with Crippen LogP contribution in [0.15, 0.2) is 12.1 Å². The van der Waals surface area contributed by atoms with Crippen LogP contribution in [0.4, 0.5) is 13.2 Å². The van der Waals surface area contributed by atoms with Crippen molar-refractivity contribution in [2.75, 3.05) is 6.61 Å². The fourth-order valence-electron chi connectivity index (χ4n) is 1.31. The van der Waals surface area contributed by atoms with Gasteiger partial charge < -0.3 is 4.74 Å². The quantitative estimate of drug-likeness (QED) is 0.767. The summed E-state index contributed by atoms with van der Waals surface area (Å²) in [4.78, 5) is 21.2. The fraction of sp³-hybridized carbons (Fsp3) is 0.273. The Morgan fingerprint density at radius 3 is 2.12 bits per heavy atom. The van der Waals surface area contributed by atoms with Gasteiger partial charge in [0.15, 0.2) is 12.6 Å². The lowest BCUT2D eigenvalue weighted by Gasteiger charge is -2.14. The molecule has 0 spiro atoms. The lowest BCUT2D eigenvalue weighted by molar-refractivity contribution is -0.138. The summed E-state index contributed by atoms with van der Waals surface area (Å²) >= 11 is 0. The van der Waals surface area contributed by atoms with Gasteiger partial charge in [-0.1, -0.05) is 0 Å². The van der Waals surface area contributed by atoms with Crippen LogP contribution in [0.25, 0.3) is 0 Å². The van der Waals surface area contributed by atoms with Crippen LogP contribution < -0.4 is 4.74 Å². The maximum atomic E-state index is 12.6. The predicted molar refractivity (Wildman–Crippen MR) is 53.4 cm³/mol. The number of hydrogen-bond acceptors (Lipinski definition) is 3. The largest absolute Gasteiger partial charge is 0.493 e. The van der Waals surface area contributed by atoms with E-state index in [0.29, 0.717) is 12.4 Å². The zero-order valence-corrected chi connectivity index (χ0v) is 8.88. The summed E-state index contributed by atoms with van der Waals surface area (Å²) in [7, 11) is 0. The van der Waals surface area contributed by atoms with Gasteiger partial charge in [-0.05, 0) is 19.1 Å². The van der Waals surface area contributed by atoms with Gasteiger partial charge in [-0.15, -0.1) is 0 Å². The van der Waals surface area contributed by atoms with E-state index < -0.39 is 17.5 Å². The van der Waals surface area contributed by atoms with Crippen molar-refractivity contribution < 1.29 is 27.5 Å². The molecule has 0 amide bonds. The number of benzene rings is 1.